The number of benzene rings is 1. The van der Waals surface area contributed by atoms with Gasteiger partial charge in [-0.25, -0.2) is 4.98 Å². The lowest BCUT2D eigenvalue weighted by Crippen LogP contribution is -2.54. The molecule has 3 atom stereocenters. The lowest BCUT2D eigenvalue weighted by atomic mass is 9.90. The summed E-state index contributed by atoms with van der Waals surface area (Å²) in [6.45, 7) is 8.98. The molecule has 6 heterocycles. The van der Waals surface area contributed by atoms with E-state index in [1.807, 2.05) is 44.3 Å². The molecule has 3 aliphatic heterocycles. The number of anilines is 4. The van der Waals surface area contributed by atoms with Crippen molar-refractivity contribution >= 4 is 28.8 Å². The Morgan fingerprint density at radius 2 is 1.69 bits per heavy atom. The van der Waals surface area contributed by atoms with Gasteiger partial charge in [-0.15, -0.1) is 10.2 Å². The van der Waals surface area contributed by atoms with Crippen LogP contribution >= 0.6 is 0 Å². The van der Waals surface area contributed by atoms with Crippen molar-refractivity contribution in [1.82, 2.24) is 20.3 Å². The minimum atomic E-state index is -0.261. The highest BCUT2D eigenvalue weighted by Crippen LogP contribution is 2.40. The molecular formula is C39H48N8O5. The molecule has 0 spiro atoms. The van der Waals surface area contributed by atoms with Gasteiger partial charge in [-0.2, -0.15) is 0 Å². The van der Waals surface area contributed by atoms with Crippen LogP contribution in [0.2, 0.25) is 0 Å². The zero-order valence-electron chi connectivity index (χ0n) is 30.1. The van der Waals surface area contributed by atoms with Crippen molar-refractivity contribution in [3.8, 4) is 22.9 Å². The minimum absolute atomic E-state index is 0.0885. The molecule has 8 rings (SSSR count). The van der Waals surface area contributed by atoms with Crippen molar-refractivity contribution < 1.29 is 23.9 Å². The summed E-state index contributed by atoms with van der Waals surface area (Å²) in [5, 5.41) is 23.2. The van der Waals surface area contributed by atoms with Crippen LogP contribution in [0.3, 0.4) is 0 Å². The van der Waals surface area contributed by atoms with Crippen LogP contribution in [-0.4, -0.2) is 87.8 Å². The monoisotopic (exact) mass is 708 g/mol. The van der Waals surface area contributed by atoms with Crippen LogP contribution in [0.5, 0.6) is 11.6 Å². The van der Waals surface area contributed by atoms with Gasteiger partial charge in [-0.3, -0.25) is 4.79 Å². The summed E-state index contributed by atoms with van der Waals surface area (Å²) in [7, 11) is 0. The number of piperazine rings is 1. The van der Waals surface area contributed by atoms with Gasteiger partial charge in [0.1, 0.15) is 23.4 Å². The number of ketones is 1. The van der Waals surface area contributed by atoms with E-state index in [0.717, 1.165) is 81.9 Å². The van der Waals surface area contributed by atoms with Crippen LogP contribution in [-0.2, 0) is 9.53 Å². The Balaban J connectivity index is 0.823. The van der Waals surface area contributed by atoms with Crippen LogP contribution in [0.15, 0.2) is 59.3 Å². The summed E-state index contributed by atoms with van der Waals surface area (Å²) < 4.78 is 18.4. The highest BCUT2D eigenvalue weighted by Gasteiger charge is 2.41. The first-order chi connectivity index (χ1) is 25.2. The van der Waals surface area contributed by atoms with Crippen molar-refractivity contribution in [3.63, 3.8) is 0 Å². The van der Waals surface area contributed by atoms with Gasteiger partial charge in [0.15, 0.2) is 11.6 Å². The number of nitrogens with zero attached hydrogens (tertiary/aromatic N) is 7. The Morgan fingerprint density at radius 3 is 2.40 bits per heavy atom. The smallest absolute Gasteiger partial charge is 0.215 e. The Bertz CT molecular complexity index is 1870. The molecular weight excluding hydrogens is 660 g/mol. The molecule has 3 N–H and O–H groups in total. The molecule has 2 bridgehead atoms. The molecule has 3 aromatic heterocycles. The van der Waals surface area contributed by atoms with E-state index in [1.165, 1.54) is 0 Å². The maximum Gasteiger partial charge on any atom is 0.215 e. The number of Topliss-reactive ketones (excluding diaryl/α,β-unsaturated/α-hetero) is 1. The standard InChI is InChI=1S/C39H48N8O5/c1-23(2)38(24(3)48)35-20-36(44-52-35)45-14-11-28(12-15-45)50-29-17-30(18-29)51-37-16-25(10-13-41-37)47-26-8-9-27(47)22-46(21-26)33-19-32(42-43-39(33)40)31-6-4-5-7-34(31)49/h4-7,10,13,16,19-20,23,26-30,38,49H,8-9,11-12,14-15,17-18,21-22H2,1-3H3,(H2,40,43)/t26?,27?,29-,30-,38?. The number of carbonyl (C=O) groups is 1. The fraction of sp³-hybridized carbons (Fsp3) is 0.513. The molecule has 13 heteroatoms. The molecule has 0 amide bonds. The lowest BCUT2D eigenvalue weighted by Gasteiger charge is -2.43. The van der Waals surface area contributed by atoms with Crippen LogP contribution in [0.1, 0.15) is 71.0 Å². The number of ether oxygens (including phenoxy) is 2. The fourth-order valence-electron chi connectivity index (χ4n) is 8.57. The summed E-state index contributed by atoms with van der Waals surface area (Å²) >= 11 is 0. The Kier molecular flexibility index (Phi) is 9.37. The van der Waals surface area contributed by atoms with Crippen LogP contribution in [0.4, 0.5) is 23.0 Å². The van der Waals surface area contributed by atoms with Gasteiger partial charge in [-0.1, -0.05) is 31.1 Å². The Labute approximate surface area is 304 Å². The van der Waals surface area contributed by atoms with Crippen LogP contribution < -0.4 is 25.2 Å². The zero-order valence-corrected chi connectivity index (χ0v) is 30.1. The number of phenols is 1. The molecule has 52 heavy (non-hydrogen) atoms. The Hall–Kier alpha value is -4.91. The molecule has 3 unspecified atom stereocenters. The highest BCUT2D eigenvalue weighted by molar-refractivity contribution is 5.83. The number of pyridine rings is 1. The van der Waals surface area contributed by atoms with E-state index in [2.05, 4.69) is 47.2 Å². The maximum absolute atomic E-state index is 12.1. The number of rotatable bonds is 11. The summed E-state index contributed by atoms with van der Waals surface area (Å²) in [4.78, 5) is 23.8. The second-order valence-electron chi connectivity index (χ2n) is 15.1. The average molecular weight is 709 g/mol. The number of phenolic OH excluding ortho intramolecular Hbond substituents is 1. The van der Waals surface area contributed by atoms with Crippen molar-refractivity contribution in [2.24, 2.45) is 5.92 Å². The van der Waals surface area contributed by atoms with Gasteiger partial charge in [-0.05, 0) is 62.8 Å². The number of carbonyl (C=O) groups excluding carboxylic acids is 1. The average Bonchev–Trinajstić information content (AvgIpc) is 3.69. The van der Waals surface area contributed by atoms with Gasteiger partial charge in [0, 0.05) is 80.7 Å². The molecule has 1 aromatic carbocycles. The number of nitrogen functional groups attached to an aromatic ring is 1. The number of fused-ring (bicyclic) bond motifs is 2. The minimum Gasteiger partial charge on any atom is -0.507 e. The van der Waals surface area contributed by atoms with E-state index in [9.17, 15) is 9.90 Å². The normalized spacial score (nSPS) is 23.9. The van der Waals surface area contributed by atoms with E-state index < -0.39 is 0 Å². The van der Waals surface area contributed by atoms with Crippen molar-refractivity contribution in [2.75, 3.05) is 46.6 Å². The van der Waals surface area contributed by atoms with E-state index in [1.54, 1.807) is 19.1 Å². The first kappa shape index (κ1) is 34.2. The summed E-state index contributed by atoms with van der Waals surface area (Å²) in [6, 6.07) is 15.8. The number of hydrogen-bond acceptors (Lipinski definition) is 13. The first-order valence-corrected chi connectivity index (χ1v) is 18.6. The number of aromatic nitrogens is 4. The van der Waals surface area contributed by atoms with Gasteiger partial charge >= 0.3 is 0 Å². The third-order valence-electron chi connectivity index (χ3n) is 11.2. The number of hydrogen-bond donors (Lipinski definition) is 2. The molecule has 1 aliphatic carbocycles. The quantitative estimate of drug-likeness (QED) is 0.199. The van der Waals surface area contributed by atoms with E-state index in [-0.39, 0.29) is 41.7 Å². The molecule has 4 aliphatic rings. The highest BCUT2D eigenvalue weighted by atomic mass is 16.5. The largest absolute Gasteiger partial charge is 0.507 e. The van der Waals surface area contributed by atoms with Gasteiger partial charge < -0.3 is 39.5 Å². The molecule has 0 radical (unpaired) electrons. The maximum atomic E-state index is 12.1. The fourth-order valence-corrected chi connectivity index (χ4v) is 8.57. The number of para-hydroxylation sites is 1. The predicted octanol–water partition coefficient (Wildman–Crippen LogP) is 5.60. The summed E-state index contributed by atoms with van der Waals surface area (Å²) in [5.41, 5.74) is 9.57. The van der Waals surface area contributed by atoms with E-state index in [4.69, 9.17) is 19.7 Å². The molecule has 274 valence electrons. The van der Waals surface area contributed by atoms with Gasteiger partial charge in [0.05, 0.1) is 29.5 Å². The number of aromatic hydroxyl groups is 1. The van der Waals surface area contributed by atoms with Crippen LogP contribution in [0, 0.1) is 5.92 Å². The molecule has 1 saturated carbocycles. The first-order valence-electron chi connectivity index (χ1n) is 18.6. The zero-order chi connectivity index (χ0) is 35.9. The topological polar surface area (TPSA) is 156 Å². The summed E-state index contributed by atoms with van der Waals surface area (Å²) in [6.07, 6.45) is 8.07. The second kappa shape index (κ2) is 14.3. The van der Waals surface area contributed by atoms with Crippen molar-refractivity contribution in [3.05, 3.63) is 60.5 Å². The van der Waals surface area contributed by atoms with Gasteiger partial charge in [0.25, 0.3) is 0 Å². The number of nitrogens with two attached hydrogens (primary N) is 1. The molecule has 4 fully saturated rings. The third-order valence-corrected chi connectivity index (χ3v) is 11.2. The SMILES string of the molecule is CC(=O)C(c1cc(N2CCC(O[C@H]3C[C@H](Oc4cc(N5C6CCC5CN(c5cc(-c7ccccc7O)nnc5N)C6)ccn4)C3)CC2)no1)C(C)C. The van der Waals surface area contributed by atoms with Crippen LogP contribution in [0.25, 0.3) is 11.3 Å². The Morgan fingerprint density at radius 1 is 0.942 bits per heavy atom. The predicted molar refractivity (Wildman–Crippen MR) is 198 cm³/mol. The molecule has 13 nitrogen and oxygen atoms in total. The second-order valence-corrected chi connectivity index (χ2v) is 15.1. The molecule has 4 aromatic rings. The van der Waals surface area contributed by atoms with E-state index in [0.29, 0.717) is 40.8 Å². The van der Waals surface area contributed by atoms with Gasteiger partial charge in [0.2, 0.25) is 5.88 Å². The molecule has 3 saturated heterocycles. The lowest BCUT2D eigenvalue weighted by molar-refractivity contribution is -0.119. The number of piperidine rings is 1. The van der Waals surface area contributed by atoms with Crippen molar-refractivity contribution in [1.29, 1.82) is 0 Å². The summed E-state index contributed by atoms with van der Waals surface area (Å²) in [5.74, 6) is 2.67. The van der Waals surface area contributed by atoms with Crippen molar-refractivity contribution in [2.45, 2.75) is 95.6 Å². The van der Waals surface area contributed by atoms with E-state index >= 15 is 0 Å². The third kappa shape index (κ3) is 6.85.